The van der Waals surface area contributed by atoms with E-state index in [0.29, 0.717) is 39.7 Å². The van der Waals surface area contributed by atoms with Gasteiger partial charge in [-0.3, -0.25) is 9.59 Å². The predicted octanol–water partition coefficient (Wildman–Crippen LogP) is 4.42. The molecule has 1 amide bonds. The molecule has 0 aliphatic carbocycles. The van der Waals surface area contributed by atoms with Crippen molar-refractivity contribution < 1.29 is 4.79 Å². The first-order valence-corrected chi connectivity index (χ1v) is 10.5. The van der Waals surface area contributed by atoms with E-state index in [1.807, 2.05) is 6.07 Å². The third-order valence-electron chi connectivity index (χ3n) is 5.64. The van der Waals surface area contributed by atoms with Crippen LogP contribution in [0.2, 0.25) is 10.0 Å². The van der Waals surface area contributed by atoms with E-state index < -0.39 is 0 Å². The van der Waals surface area contributed by atoms with Crippen molar-refractivity contribution in [2.45, 2.75) is 12.8 Å². The van der Waals surface area contributed by atoms with Gasteiger partial charge in [-0.2, -0.15) is 9.78 Å². The van der Waals surface area contributed by atoms with Crippen LogP contribution in [-0.4, -0.2) is 38.2 Å². The fraction of sp³-hybridized carbons (Fsp3) is 0.227. The van der Waals surface area contributed by atoms with Crippen LogP contribution >= 0.6 is 23.2 Å². The molecule has 8 heteroatoms. The Bertz CT molecular complexity index is 1380. The van der Waals surface area contributed by atoms with Crippen LogP contribution in [-0.2, 0) is 7.05 Å². The van der Waals surface area contributed by atoms with Gasteiger partial charge in [0.2, 0.25) is 0 Å². The number of hydrogen-bond donors (Lipinski definition) is 0. The van der Waals surface area contributed by atoms with Gasteiger partial charge >= 0.3 is 0 Å². The predicted molar refractivity (Wildman–Crippen MR) is 119 cm³/mol. The molecule has 152 valence electrons. The van der Waals surface area contributed by atoms with Crippen LogP contribution in [0.1, 0.15) is 23.3 Å². The number of halogens is 2. The van der Waals surface area contributed by atoms with Crippen molar-refractivity contribution in [2.75, 3.05) is 13.1 Å². The summed E-state index contributed by atoms with van der Waals surface area (Å²) in [6, 6.07) is 12.3. The molecule has 1 saturated heterocycles. The van der Waals surface area contributed by atoms with Crippen molar-refractivity contribution >= 4 is 50.9 Å². The average molecular weight is 441 g/mol. The minimum Gasteiger partial charge on any atom is -0.339 e. The Kier molecular flexibility index (Phi) is 4.56. The van der Waals surface area contributed by atoms with Gasteiger partial charge in [-0.1, -0.05) is 35.3 Å². The van der Waals surface area contributed by atoms with Gasteiger partial charge in [0.15, 0.2) is 5.69 Å². The molecule has 0 N–H and O–H groups in total. The van der Waals surface area contributed by atoms with Crippen molar-refractivity contribution in [3.05, 3.63) is 68.6 Å². The molecule has 30 heavy (non-hydrogen) atoms. The fourth-order valence-electron chi connectivity index (χ4n) is 4.20. The first kappa shape index (κ1) is 19.2. The third kappa shape index (κ3) is 2.90. The summed E-state index contributed by atoms with van der Waals surface area (Å²) < 4.78 is 3.04. The second-order valence-electron chi connectivity index (χ2n) is 7.49. The van der Waals surface area contributed by atoms with Gasteiger partial charge in [-0.15, -0.1) is 0 Å². The highest BCUT2D eigenvalue weighted by atomic mass is 35.5. The van der Waals surface area contributed by atoms with E-state index in [4.69, 9.17) is 23.2 Å². The Morgan fingerprint density at radius 2 is 1.77 bits per heavy atom. The largest absolute Gasteiger partial charge is 0.339 e. The van der Waals surface area contributed by atoms with E-state index in [2.05, 4.69) is 5.10 Å². The van der Waals surface area contributed by atoms with Crippen molar-refractivity contribution in [3.8, 4) is 5.69 Å². The second-order valence-corrected chi connectivity index (χ2v) is 8.36. The highest BCUT2D eigenvalue weighted by Gasteiger charge is 2.28. The highest BCUT2D eigenvalue weighted by Crippen LogP contribution is 2.31. The number of benzene rings is 2. The molecule has 3 heterocycles. The lowest BCUT2D eigenvalue weighted by molar-refractivity contribution is 0.0787. The molecule has 0 unspecified atom stereocenters. The Morgan fingerprint density at radius 1 is 1.03 bits per heavy atom. The van der Waals surface area contributed by atoms with Crippen molar-refractivity contribution in [3.63, 3.8) is 0 Å². The number of carbonyl (C=O) groups is 1. The number of amides is 1. The summed E-state index contributed by atoms with van der Waals surface area (Å²) in [4.78, 5) is 28.7. The summed E-state index contributed by atoms with van der Waals surface area (Å²) >= 11 is 12.4. The van der Waals surface area contributed by atoms with Gasteiger partial charge in [0.1, 0.15) is 5.52 Å². The minimum absolute atomic E-state index is 0.171. The molecule has 0 spiro atoms. The van der Waals surface area contributed by atoms with Crippen LogP contribution in [0, 0.1) is 0 Å². The molecule has 1 fully saturated rings. The zero-order valence-corrected chi connectivity index (χ0v) is 17.7. The first-order valence-electron chi connectivity index (χ1n) is 9.72. The van der Waals surface area contributed by atoms with Gasteiger partial charge < -0.3 is 9.47 Å². The highest BCUT2D eigenvalue weighted by molar-refractivity contribution is 6.32. The zero-order chi connectivity index (χ0) is 21.0. The van der Waals surface area contributed by atoms with Crippen LogP contribution in [0.5, 0.6) is 0 Å². The van der Waals surface area contributed by atoms with Crippen LogP contribution in [0.4, 0.5) is 0 Å². The van der Waals surface area contributed by atoms with Crippen molar-refractivity contribution in [2.24, 2.45) is 7.05 Å². The molecule has 1 aliphatic rings. The molecule has 0 atom stereocenters. The van der Waals surface area contributed by atoms with Crippen molar-refractivity contribution in [1.29, 1.82) is 0 Å². The summed E-state index contributed by atoms with van der Waals surface area (Å²) in [6.45, 7) is 1.38. The number of aryl methyl sites for hydroxylation is 1. The molecule has 2 aromatic heterocycles. The number of rotatable bonds is 2. The number of hydrogen-bond acceptors (Lipinski definition) is 3. The lowest BCUT2D eigenvalue weighted by Gasteiger charge is -2.16. The lowest BCUT2D eigenvalue weighted by Crippen LogP contribution is -2.32. The Hall–Kier alpha value is -2.83. The summed E-state index contributed by atoms with van der Waals surface area (Å²) in [5.74, 6) is -0.171. The zero-order valence-electron chi connectivity index (χ0n) is 16.2. The normalized spacial score (nSPS) is 14.2. The Morgan fingerprint density at radius 3 is 2.50 bits per heavy atom. The molecule has 5 rings (SSSR count). The minimum atomic E-state index is -0.319. The number of nitrogens with zero attached hydrogens (tertiary/aromatic N) is 4. The standard InChI is InChI=1S/C22H18Cl2N4O2/c1-26-17-12-14(24)7-8-16(17)18-19(21(29)27-9-2-3-10-27)25-28(22(30)20(18)26)15-6-4-5-13(23)11-15/h4-8,11-12H,2-3,9-10H2,1H3. The molecule has 2 aromatic carbocycles. The van der Waals surface area contributed by atoms with E-state index in [1.165, 1.54) is 4.68 Å². The van der Waals surface area contributed by atoms with Crippen LogP contribution in [0.15, 0.2) is 47.3 Å². The molecule has 0 saturated carbocycles. The molecule has 6 nitrogen and oxygen atoms in total. The number of aromatic nitrogens is 3. The smallest absolute Gasteiger partial charge is 0.296 e. The van der Waals surface area contributed by atoms with Gasteiger partial charge in [-0.05, 0) is 43.2 Å². The van der Waals surface area contributed by atoms with E-state index in [-0.39, 0.29) is 17.2 Å². The third-order valence-corrected chi connectivity index (χ3v) is 6.11. The van der Waals surface area contributed by atoms with Crippen molar-refractivity contribution in [1.82, 2.24) is 19.2 Å². The maximum Gasteiger partial charge on any atom is 0.296 e. The number of fused-ring (bicyclic) bond motifs is 3. The van der Waals surface area contributed by atoms with E-state index in [1.54, 1.807) is 52.9 Å². The van der Waals surface area contributed by atoms with E-state index in [0.717, 1.165) is 23.7 Å². The van der Waals surface area contributed by atoms with E-state index in [9.17, 15) is 9.59 Å². The molecule has 1 aliphatic heterocycles. The SMILES string of the molecule is Cn1c2cc(Cl)ccc2c2c(C(=O)N3CCCC3)nn(-c3cccc(Cl)c3)c(=O)c21. The maximum absolute atomic E-state index is 13.5. The molecule has 0 bridgehead atoms. The van der Waals surface area contributed by atoms with E-state index >= 15 is 0 Å². The van der Waals surface area contributed by atoms with Gasteiger partial charge in [-0.25, -0.2) is 0 Å². The molecule has 0 radical (unpaired) electrons. The average Bonchev–Trinajstić information content (AvgIpc) is 3.36. The fourth-order valence-corrected chi connectivity index (χ4v) is 4.55. The summed E-state index contributed by atoms with van der Waals surface area (Å²) in [5.41, 5.74) is 1.63. The first-order chi connectivity index (χ1) is 14.5. The Labute approximate surface area is 182 Å². The molecular weight excluding hydrogens is 423 g/mol. The quantitative estimate of drug-likeness (QED) is 0.463. The van der Waals surface area contributed by atoms with Crippen LogP contribution < -0.4 is 5.56 Å². The molecular formula is C22H18Cl2N4O2. The van der Waals surface area contributed by atoms with Crippen LogP contribution in [0.3, 0.4) is 0 Å². The van der Waals surface area contributed by atoms with Crippen LogP contribution in [0.25, 0.3) is 27.5 Å². The summed E-state index contributed by atoms with van der Waals surface area (Å²) in [5, 5.41) is 6.93. The molecule has 4 aromatic rings. The second kappa shape index (κ2) is 7.15. The van der Waals surface area contributed by atoms with Gasteiger partial charge in [0.25, 0.3) is 11.5 Å². The topological polar surface area (TPSA) is 60.1 Å². The number of likely N-dealkylation sites (tertiary alicyclic amines) is 1. The number of carbonyl (C=O) groups excluding carboxylic acids is 1. The Balaban J connectivity index is 1.91. The van der Waals surface area contributed by atoms with Gasteiger partial charge in [0.05, 0.1) is 11.2 Å². The monoisotopic (exact) mass is 440 g/mol. The lowest BCUT2D eigenvalue weighted by atomic mass is 10.1. The van der Waals surface area contributed by atoms with Gasteiger partial charge in [0, 0.05) is 41.0 Å². The summed E-state index contributed by atoms with van der Waals surface area (Å²) in [7, 11) is 1.80. The maximum atomic E-state index is 13.5. The summed E-state index contributed by atoms with van der Waals surface area (Å²) in [6.07, 6.45) is 1.93.